The van der Waals surface area contributed by atoms with Gasteiger partial charge in [-0.2, -0.15) is 4.31 Å². The van der Waals surface area contributed by atoms with Gasteiger partial charge < -0.3 is 0 Å². The van der Waals surface area contributed by atoms with Gasteiger partial charge in [0, 0.05) is 25.4 Å². The topological polar surface area (TPSA) is 54.5 Å². The lowest BCUT2D eigenvalue weighted by molar-refractivity contribution is -0.115. The van der Waals surface area contributed by atoms with Crippen LogP contribution in [0.4, 0.5) is 0 Å². The second kappa shape index (κ2) is 6.21. The molecule has 0 bridgehead atoms. The Morgan fingerprint density at radius 3 is 2.57 bits per heavy atom. The number of carbonyl (C=O) groups excluding carboxylic acids is 1. The van der Waals surface area contributed by atoms with Gasteiger partial charge in [-0.05, 0) is 37.5 Å². The summed E-state index contributed by atoms with van der Waals surface area (Å²) in [6, 6.07) is 6.97. The van der Waals surface area contributed by atoms with E-state index in [1.54, 1.807) is 16.4 Å². The fourth-order valence-corrected chi connectivity index (χ4v) is 5.12. The van der Waals surface area contributed by atoms with E-state index in [0.717, 1.165) is 24.0 Å². The van der Waals surface area contributed by atoms with E-state index >= 15 is 0 Å². The molecule has 0 spiro atoms. The number of ketones is 1. The van der Waals surface area contributed by atoms with Crippen LogP contribution in [0.2, 0.25) is 0 Å². The minimum atomic E-state index is -3.47. The van der Waals surface area contributed by atoms with Gasteiger partial charge in [0.15, 0.2) is 5.78 Å². The molecule has 1 atom stereocenters. The molecule has 5 heteroatoms. The molecule has 1 fully saturated rings. The van der Waals surface area contributed by atoms with Crippen LogP contribution in [0.15, 0.2) is 40.3 Å². The Labute approximate surface area is 138 Å². The number of fused-ring (bicyclic) bond motifs is 1. The smallest absolute Gasteiger partial charge is 0.243 e. The first-order valence-electron chi connectivity index (χ1n) is 8.25. The Hall–Kier alpha value is -1.46. The fraction of sp³-hybridized carbons (Fsp3) is 0.500. The summed E-state index contributed by atoms with van der Waals surface area (Å²) in [5, 5.41) is 0. The molecule has 0 radical (unpaired) electrons. The van der Waals surface area contributed by atoms with Crippen LogP contribution in [-0.4, -0.2) is 31.6 Å². The molecule has 3 rings (SSSR count). The molecule has 1 aliphatic heterocycles. The second-order valence-electron chi connectivity index (χ2n) is 6.50. The van der Waals surface area contributed by atoms with Crippen LogP contribution in [0.3, 0.4) is 0 Å². The lowest BCUT2D eigenvalue weighted by Crippen LogP contribution is -2.40. The minimum absolute atomic E-state index is 0.0815. The zero-order valence-electron chi connectivity index (χ0n) is 13.7. The van der Waals surface area contributed by atoms with Crippen molar-refractivity contribution in [1.82, 2.24) is 4.31 Å². The van der Waals surface area contributed by atoms with E-state index in [-0.39, 0.29) is 11.7 Å². The largest absolute Gasteiger partial charge is 0.295 e. The van der Waals surface area contributed by atoms with E-state index in [0.29, 0.717) is 30.8 Å². The number of rotatable bonds is 4. The van der Waals surface area contributed by atoms with Crippen molar-refractivity contribution in [3.63, 3.8) is 0 Å². The molecule has 0 N–H and O–H groups in total. The van der Waals surface area contributed by atoms with Gasteiger partial charge >= 0.3 is 0 Å². The predicted octanol–water partition coefficient (Wildman–Crippen LogP) is 3.08. The van der Waals surface area contributed by atoms with E-state index in [2.05, 4.69) is 6.92 Å². The maximum Gasteiger partial charge on any atom is 0.243 e. The molecule has 1 heterocycles. The summed E-state index contributed by atoms with van der Waals surface area (Å²) in [5.74, 6) is 0.305. The van der Waals surface area contributed by atoms with Crippen molar-refractivity contribution in [1.29, 1.82) is 0 Å². The van der Waals surface area contributed by atoms with Gasteiger partial charge in [0.25, 0.3) is 0 Å². The summed E-state index contributed by atoms with van der Waals surface area (Å²) in [4.78, 5) is 12.5. The Morgan fingerprint density at radius 1 is 1.22 bits per heavy atom. The lowest BCUT2D eigenvalue weighted by Gasteiger charge is -2.31. The Bertz CT molecular complexity index is 747. The first-order valence-corrected chi connectivity index (χ1v) is 9.69. The van der Waals surface area contributed by atoms with Crippen molar-refractivity contribution in [2.45, 2.75) is 44.4 Å². The molecule has 1 unspecified atom stereocenters. The van der Waals surface area contributed by atoms with Crippen LogP contribution >= 0.6 is 0 Å². The van der Waals surface area contributed by atoms with Gasteiger partial charge in [-0.1, -0.05) is 36.6 Å². The van der Waals surface area contributed by atoms with Crippen LogP contribution in [-0.2, 0) is 14.8 Å². The normalized spacial score (nSPS) is 22.5. The number of carbonyl (C=O) groups is 1. The zero-order chi connectivity index (χ0) is 16.6. The van der Waals surface area contributed by atoms with Crippen LogP contribution in [0, 0.1) is 12.8 Å². The molecule has 1 aliphatic carbocycles. The first-order chi connectivity index (χ1) is 10.9. The molecular weight excluding hydrogens is 310 g/mol. The van der Waals surface area contributed by atoms with Crippen molar-refractivity contribution in [3.05, 3.63) is 41.0 Å². The van der Waals surface area contributed by atoms with Crippen LogP contribution in [0.25, 0.3) is 0 Å². The molecule has 1 aromatic rings. The maximum atomic E-state index is 12.8. The molecule has 2 aliphatic rings. The van der Waals surface area contributed by atoms with E-state index in [9.17, 15) is 13.2 Å². The number of hydrogen-bond donors (Lipinski definition) is 0. The molecule has 124 valence electrons. The summed E-state index contributed by atoms with van der Waals surface area (Å²) >= 11 is 0. The lowest BCUT2D eigenvalue weighted by atomic mass is 9.93. The Kier molecular flexibility index (Phi) is 4.43. The SMILES string of the molecule is CCCC1=C2CCN(S(=O)(=O)c3ccc(C)cc3)CC2CC1=O. The molecule has 1 aromatic carbocycles. The van der Waals surface area contributed by atoms with E-state index in [1.165, 1.54) is 5.57 Å². The molecule has 1 saturated heterocycles. The summed E-state index contributed by atoms with van der Waals surface area (Å²) < 4.78 is 27.2. The average Bonchev–Trinajstić information content (AvgIpc) is 2.83. The van der Waals surface area contributed by atoms with Gasteiger partial charge in [0.1, 0.15) is 0 Å². The van der Waals surface area contributed by atoms with Crippen molar-refractivity contribution in [2.75, 3.05) is 13.1 Å². The number of nitrogens with zero attached hydrogens (tertiary/aromatic N) is 1. The molecule has 4 nitrogen and oxygen atoms in total. The minimum Gasteiger partial charge on any atom is -0.295 e. The highest BCUT2D eigenvalue weighted by Crippen LogP contribution is 2.38. The third kappa shape index (κ3) is 3.00. The third-order valence-electron chi connectivity index (χ3n) is 4.86. The van der Waals surface area contributed by atoms with Crippen LogP contribution in [0.1, 0.15) is 38.2 Å². The number of allylic oxidation sites excluding steroid dienone is 1. The molecule has 0 aromatic heterocycles. The molecule has 0 amide bonds. The number of sulfonamides is 1. The quantitative estimate of drug-likeness (QED) is 0.851. The molecular formula is C18H23NO3S. The molecule has 0 saturated carbocycles. The number of piperidine rings is 1. The number of Topliss-reactive ketones (excluding diaryl/α,β-unsaturated/α-hetero) is 1. The van der Waals surface area contributed by atoms with Crippen molar-refractivity contribution in [3.8, 4) is 0 Å². The number of hydrogen-bond acceptors (Lipinski definition) is 3. The van der Waals surface area contributed by atoms with E-state index < -0.39 is 10.0 Å². The first kappa shape index (κ1) is 16.4. The predicted molar refractivity (Wildman–Crippen MR) is 89.6 cm³/mol. The highest BCUT2D eigenvalue weighted by Gasteiger charge is 2.39. The van der Waals surface area contributed by atoms with Crippen LogP contribution < -0.4 is 0 Å². The summed E-state index contributed by atoms with van der Waals surface area (Å²) in [7, 11) is -3.47. The van der Waals surface area contributed by atoms with Crippen molar-refractivity contribution in [2.24, 2.45) is 5.92 Å². The van der Waals surface area contributed by atoms with Crippen molar-refractivity contribution < 1.29 is 13.2 Å². The van der Waals surface area contributed by atoms with Gasteiger partial charge in [0.05, 0.1) is 4.90 Å². The standard InChI is InChI=1S/C18H23NO3S/c1-3-4-17-16-9-10-19(12-14(16)11-18(17)20)23(21,22)15-7-5-13(2)6-8-15/h5-8,14H,3-4,9-12H2,1-2H3. The molecule has 23 heavy (non-hydrogen) atoms. The average molecular weight is 333 g/mol. The van der Waals surface area contributed by atoms with Crippen LogP contribution in [0.5, 0.6) is 0 Å². The Balaban J connectivity index is 1.83. The monoisotopic (exact) mass is 333 g/mol. The zero-order valence-corrected chi connectivity index (χ0v) is 14.5. The Morgan fingerprint density at radius 2 is 1.91 bits per heavy atom. The summed E-state index contributed by atoms with van der Waals surface area (Å²) in [5.41, 5.74) is 3.23. The fourth-order valence-electron chi connectivity index (χ4n) is 3.64. The third-order valence-corrected chi connectivity index (χ3v) is 6.74. The maximum absolute atomic E-state index is 12.8. The number of aryl methyl sites for hydroxylation is 1. The summed E-state index contributed by atoms with van der Waals surface area (Å²) in [6.07, 6.45) is 2.96. The highest BCUT2D eigenvalue weighted by molar-refractivity contribution is 7.89. The highest BCUT2D eigenvalue weighted by atomic mass is 32.2. The van der Waals surface area contributed by atoms with Gasteiger partial charge in [-0.25, -0.2) is 8.42 Å². The van der Waals surface area contributed by atoms with Gasteiger partial charge in [-0.15, -0.1) is 0 Å². The van der Waals surface area contributed by atoms with Gasteiger partial charge in [0.2, 0.25) is 10.0 Å². The van der Waals surface area contributed by atoms with Gasteiger partial charge in [-0.3, -0.25) is 4.79 Å². The van der Waals surface area contributed by atoms with Crippen molar-refractivity contribution >= 4 is 15.8 Å². The van der Waals surface area contributed by atoms with E-state index in [1.807, 2.05) is 19.1 Å². The number of benzene rings is 1. The van der Waals surface area contributed by atoms with E-state index in [4.69, 9.17) is 0 Å². The summed E-state index contributed by atoms with van der Waals surface area (Å²) in [6.45, 7) is 4.92. The second-order valence-corrected chi connectivity index (χ2v) is 8.44.